The van der Waals surface area contributed by atoms with E-state index in [1.54, 1.807) is 7.11 Å². The summed E-state index contributed by atoms with van der Waals surface area (Å²) in [6.45, 7) is 3.70. The number of nitrogens with zero attached hydrogens (tertiary/aromatic N) is 1. The van der Waals surface area contributed by atoms with Crippen LogP contribution >= 0.6 is 0 Å². The molecule has 2 aliphatic carbocycles. The largest absolute Gasteiger partial charge is 0.493 e. The predicted molar refractivity (Wildman–Crippen MR) is 102 cm³/mol. The van der Waals surface area contributed by atoms with Crippen LogP contribution in [-0.2, 0) is 21.3 Å². The second-order valence-electron chi connectivity index (χ2n) is 9.35. The Kier molecular flexibility index (Phi) is 3.39. The molecule has 152 valence electrons. The van der Waals surface area contributed by atoms with Crippen molar-refractivity contribution in [2.45, 2.75) is 74.1 Å². The summed E-state index contributed by atoms with van der Waals surface area (Å²) in [6, 6.07) is 4.24. The number of aliphatic hydroxyl groups is 1. The van der Waals surface area contributed by atoms with Gasteiger partial charge in [0.05, 0.1) is 30.8 Å². The van der Waals surface area contributed by atoms with Gasteiger partial charge in [0.15, 0.2) is 17.6 Å². The van der Waals surface area contributed by atoms with Gasteiger partial charge in [-0.1, -0.05) is 6.07 Å². The molecule has 6 atom stereocenters. The Hall–Kier alpha value is -1.34. The van der Waals surface area contributed by atoms with Gasteiger partial charge in [0, 0.05) is 18.0 Å². The number of benzene rings is 1. The van der Waals surface area contributed by atoms with E-state index in [1.165, 1.54) is 5.56 Å². The first-order valence-corrected chi connectivity index (χ1v) is 10.6. The number of likely N-dealkylation sites (N-methyl/N-ethyl adjacent to an activating group) is 1. The van der Waals surface area contributed by atoms with Crippen LogP contribution in [0.3, 0.4) is 0 Å². The average molecular weight is 387 g/mol. The van der Waals surface area contributed by atoms with Crippen molar-refractivity contribution in [2.75, 3.05) is 27.3 Å². The van der Waals surface area contributed by atoms with Gasteiger partial charge in [0.1, 0.15) is 0 Å². The molecule has 1 aromatic rings. The van der Waals surface area contributed by atoms with Crippen LogP contribution in [0.15, 0.2) is 12.1 Å². The summed E-state index contributed by atoms with van der Waals surface area (Å²) >= 11 is 0. The molecule has 6 rings (SSSR count). The maximum atomic E-state index is 12.3. The second-order valence-corrected chi connectivity index (χ2v) is 9.35. The zero-order chi connectivity index (χ0) is 19.3. The molecule has 0 aromatic heterocycles. The van der Waals surface area contributed by atoms with Gasteiger partial charge in [-0.05, 0) is 57.8 Å². The van der Waals surface area contributed by atoms with E-state index in [-0.39, 0.29) is 18.2 Å². The van der Waals surface area contributed by atoms with Crippen molar-refractivity contribution in [1.82, 2.24) is 4.90 Å². The minimum atomic E-state index is -0.853. The van der Waals surface area contributed by atoms with Gasteiger partial charge >= 0.3 is 0 Å². The van der Waals surface area contributed by atoms with E-state index in [9.17, 15) is 5.11 Å². The van der Waals surface area contributed by atoms with Crippen LogP contribution in [0.1, 0.15) is 43.7 Å². The molecule has 2 saturated heterocycles. The smallest absolute Gasteiger partial charge is 0.207 e. The van der Waals surface area contributed by atoms with Crippen molar-refractivity contribution < 1.29 is 24.1 Å². The molecule has 3 aliphatic heterocycles. The molecule has 0 amide bonds. The van der Waals surface area contributed by atoms with Crippen molar-refractivity contribution in [1.29, 1.82) is 0 Å². The van der Waals surface area contributed by atoms with Crippen LogP contribution in [0.25, 0.3) is 0 Å². The minimum Gasteiger partial charge on any atom is -0.493 e. The van der Waals surface area contributed by atoms with E-state index in [2.05, 4.69) is 24.9 Å². The van der Waals surface area contributed by atoms with Crippen molar-refractivity contribution >= 4 is 0 Å². The third-order valence-corrected chi connectivity index (χ3v) is 8.21. The van der Waals surface area contributed by atoms with Crippen molar-refractivity contribution in [3.05, 3.63) is 23.3 Å². The van der Waals surface area contributed by atoms with Crippen LogP contribution in [0.2, 0.25) is 0 Å². The second kappa shape index (κ2) is 5.42. The highest BCUT2D eigenvalue weighted by Gasteiger charge is 2.77. The molecule has 2 spiro atoms. The van der Waals surface area contributed by atoms with Gasteiger partial charge in [-0.2, -0.15) is 0 Å². The van der Waals surface area contributed by atoms with E-state index in [1.807, 2.05) is 6.07 Å². The summed E-state index contributed by atoms with van der Waals surface area (Å²) in [4.78, 5) is 2.33. The highest BCUT2D eigenvalue weighted by Crippen LogP contribution is 2.67. The summed E-state index contributed by atoms with van der Waals surface area (Å²) in [6.07, 6.45) is 3.62. The normalized spacial score (nSPS) is 46.2. The molecule has 1 aromatic carbocycles. The average Bonchev–Trinajstić information content (AvgIpc) is 3.04. The molecule has 2 bridgehead atoms. The van der Waals surface area contributed by atoms with Crippen LogP contribution in [0.5, 0.6) is 11.5 Å². The summed E-state index contributed by atoms with van der Waals surface area (Å²) in [5, 5.41) is 12.3. The van der Waals surface area contributed by atoms with Gasteiger partial charge in [-0.3, -0.25) is 0 Å². The fourth-order valence-electron chi connectivity index (χ4n) is 6.96. The van der Waals surface area contributed by atoms with Gasteiger partial charge in [-0.15, -0.1) is 0 Å². The third-order valence-electron chi connectivity index (χ3n) is 8.21. The quantitative estimate of drug-likeness (QED) is 0.795. The first kappa shape index (κ1) is 17.5. The Morgan fingerprint density at radius 3 is 2.89 bits per heavy atom. The number of piperidine rings is 1. The van der Waals surface area contributed by atoms with E-state index < -0.39 is 16.8 Å². The lowest BCUT2D eigenvalue weighted by molar-refractivity contribution is -0.364. The molecule has 1 unspecified atom stereocenters. The van der Waals surface area contributed by atoms with Gasteiger partial charge in [-0.25, -0.2) is 0 Å². The number of hydrogen-bond donors (Lipinski definition) is 1. The Bertz CT molecular complexity index is 844. The van der Waals surface area contributed by atoms with E-state index in [4.69, 9.17) is 18.9 Å². The van der Waals surface area contributed by atoms with Crippen molar-refractivity contribution in [3.63, 3.8) is 0 Å². The molecular weight excluding hydrogens is 358 g/mol. The minimum absolute atomic E-state index is 0.0811. The molecule has 0 radical (unpaired) electrons. The molecule has 28 heavy (non-hydrogen) atoms. The number of likely N-dealkylation sites (tertiary alicyclic amines) is 1. The van der Waals surface area contributed by atoms with Gasteiger partial charge in [0.2, 0.25) is 5.79 Å². The summed E-state index contributed by atoms with van der Waals surface area (Å²) in [5.74, 6) is 0.725. The zero-order valence-corrected chi connectivity index (χ0v) is 16.9. The number of hydrogen-bond acceptors (Lipinski definition) is 6. The van der Waals surface area contributed by atoms with E-state index in [0.717, 1.165) is 42.9 Å². The molecule has 5 aliphatic rings. The Balaban J connectivity index is 1.62. The summed E-state index contributed by atoms with van der Waals surface area (Å²) in [5.41, 5.74) is 1.04. The maximum absolute atomic E-state index is 12.3. The topological polar surface area (TPSA) is 60.4 Å². The third kappa shape index (κ3) is 1.80. The zero-order valence-electron chi connectivity index (χ0n) is 16.9. The lowest BCUT2D eigenvalue weighted by Gasteiger charge is -2.65. The number of methoxy groups -OCH3 is 1. The molecule has 6 heteroatoms. The molecular formula is C22H29NO5. The Morgan fingerprint density at radius 1 is 1.25 bits per heavy atom. The summed E-state index contributed by atoms with van der Waals surface area (Å²) < 4.78 is 25.2. The standard InChI is InChI=1S/C22H29NO5/c1-13-6-11-26-22(28-13)8-7-21(24)16-12-14-4-5-15(25-3)18-17(14)20(21,19(22)27-18)9-10-23(16)2/h4-5,13,16,19,24H,6-12H2,1-3H3/t13-,16-,19-,20+,21?,22-/m1/s1. The lowest BCUT2D eigenvalue weighted by Crippen LogP contribution is -2.79. The summed E-state index contributed by atoms with van der Waals surface area (Å²) in [7, 11) is 3.81. The Labute approximate surface area is 165 Å². The molecule has 1 saturated carbocycles. The molecule has 3 fully saturated rings. The van der Waals surface area contributed by atoms with Crippen LogP contribution in [0.4, 0.5) is 0 Å². The highest BCUT2D eigenvalue weighted by atomic mass is 16.7. The molecule has 6 nitrogen and oxygen atoms in total. The lowest BCUT2D eigenvalue weighted by atomic mass is 9.48. The monoisotopic (exact) mass is 387 g/mol. The first-order chi connectivity index (χ1) is 13.5. The van der Waals surface area contributed by atoms with Crippen LogP contribution in [0, 0.1) is 0 Å². The fourth-order valence-corrected chi connectivity index (χ4v) is 6.96. The van der Waals surface area contributed by atoms with Gasteiger partial charge in [0.25, 0.3) is 0 Å². The van der Waals surface area contributed by atoms with Crippen LogP contribution < -0.4 is 9.47 Å². The number of fused-ring (bicyclic) bond motifs is 1. The molecule has 1 N–H and O–H groups in total. The predicted octanol–water partition coefficient (Wildman–Crippen LogP) is 2.00. The first-order valence-electron chi connectivity index (χ1n) is 10.6. The number of rotatable bonds is 1. The number of ether oxygens (including phenoxy) is 4. The SMILES string of the molecule is COc1ccc2c3c1O[C@H]1[C@]4(CCC5(O)[C@@H](C2)N(C)CC[C@]315)OCC[C@@H](C)O4. The highest BCUT2D eigenvalue weighted by molar-refractivity contribution is 5.63. The van der Waals surface area contributed by atoms with E-state index >= 15 is 0 Å². The van der Waals surface area contributed by atoms with Crippen LogP contribution in [-0.4, -0.2) is 67.0 Å². The maximum Gasteiger partial charge on any atom is 0.207 e. The Morgan fingerprint density at radius 2 is 2.11 bits per heavy atom. The molecule has 3 heterocycles. The van der Waals surface area contributed by atoms with Crippen molar-refractivity contribution in [3.8, 4) is 11.5 Å². The van der Waals surface area contributed by atoms with Gasteiger partial charge < -0.3 is 29.0 Å². The fraction of sp³-hybridized carbons (Fsp3) is 0.727. The van der Waals surface area contributed by atoms with E-state index in [0.29, 0.717) is 19.4 Å². The van der Waals surface area contributed by atoms with Crippen molar-refractivity contribution in [2.24, 2.45) is 0 Å².